The van der Waals surface area contributed by atoms with Crippen molar-refractivity contribution in [3.63, 3.8) is 0 Å². The van der Waals surface area contributed by atoms with Gasteiger partial charge in [-0.3, -0.25) is 0 Å². The predicted molar refractivity (Wildman–Crippen MR) is 54.4 cm³/mol. The van der Waals surface area contributed by atoms with Crippen molar-refractivity contribution in [1.29, 1.82) is 0 Å². The topological polar surface area (TPSA) is 57.5 Å². The van der Waals surface area contributed by atoms with Crippen molar-refractivity contribution in [3.05, 3.63) is 32.7 Å². The van der Waals surface area contributed by atoms with Gasteiger partial charge in [-0.15, -0.1) is 0 Å². The van der Waals surface area contributed by atoms with Crippen LogP contribution in [0.1, 0.15) is 11.7 Å². The second kappa shape index (κ2) is 4.21. The van der Waals surface area contributed by atoms with Gasteiger partial charge in [0.25, 0.3) is 0 Å². The van der Waals surface area contributed by atoms with Crippen LogP contribution in [-0.2, 0) is 4.79 Å². The molecule has 1 aromatic carbocycles. The van der Waals surface area contributed by atoms with E-state index in [1.54, 1.807) is 18.2 Å². The lowest BCUT2D eigenvalue weighted by atomic mass is 10.1. The number of carbonyl (C=O) groups is 1. The summed E-state index contributed by atoms with van der Waals surface area (Å²) in [6, 6.07) is 4.88. The smallest absolute Gasteiger partial charge is 0.337 e. The molecule has 0 aliphatic carbocycles. The SMILES string of the molecule is O=C(O)[C@H](O)c1cc(Br)cc(Br)c1. The highest BCUT2D eigenvalue weighted by molar-refractivity contribution is 9.11. The van der Waals surface area contributed by atoms with Gasteiger partial charge in [-0.2, -0.15) is 0 Å². The highest BCUT2D eigenvalue weighted by Crippen LogP contribution is 2.24. The Labute approximate surface area is 91.6 Å². The van der Waals surface area contributed by atoms with E-state index in [0.717, 1.165) is 8.95 Å². The van der Waals surface area contributed by atoms with E-state index in [0.29, 0.717) is 5.56 Å². The van der Waals surface area contributed by atoms with Crippen LogP contribution in [0.2, 0.25) is 0 Å². The van der Waals surface area contributed by atoms with Crippen LogP contribution in [0.3, 0.4) is 0 Å². The summed E-state index contributed by atoms with van der Waals surface area (Å²) in [7, 11) is 0. The van der Waals surface area contributed by atoms with Crippen LogP contribution in [0.4, 0.5) is 0 Å². The van der Waals surface area contributed by atoms with Crippen molar-refractivity contribution in [1.82, 2.24) is 0 Å². The van der Waals surface area contributed by atoms with Crippen molar-refractivity contribution in [2.75, 3.05) is 0 Å². The first-order valence-corrected chi connectivity index (χ1v) is 4.96. The van der Waals surface area contributed by atoms with E-state index in [2.05, 4.69) is 31.9 Å². The summed E-state index contributed by atoms with van der Waals surface area (Å²) in [6.07, 6.45) is -1.48. The van der Waals surface area contributed by atoms with Gasteiger partial charge in [0.2, 0.25) is 0 Å². The third kappa shape index (κ3) is 2.79. The summed E-state index contributed by atoms with van der Waals surface area (Å²) in [5.41, 5.74) is 0.341. The number of carboxylic acid groups (broad SMARTS) is 1. The quantitative estimate of drug-likeness (QED) is 0.881. The van der Waals surface area contributed by atoms with E-state index in [9.17, 15) is 9.90 Å². The van der Waals surface area contributed by atoms with E-state index in [-0.39, 0.29) is 0 Å². The Morgan fingerprint density at radius 2 is 1.69 bits per heavy atom. The van der Waals surface area contributed by atoms with E-state index in [1.165, 1.54) is 0 Å². The Morgan fingerprint density at radius 1 is 1.23 bits per heavy atom. The van der Waals surface area contributed by atoms with Crippen LogP contribution < -0.4 is 0 Å². The molecule has 13 heavy (non-hydrogen) atoms. The lowest BCUT2D eigenvalue weighted by Crippen LogP contribution is -2.10. The number of aliphatic carboxylic acids is 1. The largest absolute Gasteiger partial charge is 0.479 e. The second-order valence-corrected chi connectivity index (χ2v) is 4.27. The third-order valence-corrected chi connectivity index (χ3v) is 2.35. The Morgan fingerprint density at radius 3 is 2.08 bits per heavy atom. The maximum atomic E-state index is 10.4. The molecule has 1 atom stereocenters. The molecule has 0 aliphatic heterocycles. The molecular weight excluding hydrogens is 304 g/mol. The Bertz CT molecular complexity index is 318. The van der Waals surface area contributed by atoms with Gasteiger partial charge in [0, 0.05) is 8.95 Å². The summed E-state index contributed by atoms with van der Waals surface area (Å²) in [6.45, 7) is 0. The van der Waals surface area contributed by atoms with Crippen LogP contribution in [0.5, 0.6) is 0 Å². The average Bonchev–Trinajstić information content (AvgIpc) is 2.01. The molecule has 0 saturated carbocycles. The van der Waals surface area contributed by atoms with Crippen molar-refractivity contribution in [2.45, 2.75) is 6.10 Å². The molecule has 1 rings (SSSR count). The highest BCUT2D eigenvalue weighted by atomic mass is 79.9. The lowest BCUT2D eigenvalue weighted by Gasteiger charge is -2.06. The zero-order valence-corrected chi connectivity index (χ0v) is 9.54. The first-order chi connectivity index (χ1) is 6.00. The molecule has 3 nitrogen and oxygen atoms in total. The van der Waals surface area contributed by atoms with Crippen LogP contribution >= 0.6 is 31.9 Å². The van der Waals surface area contributed by atoms with Crippen LogP contribution in [0.25, 0.3) is 0 Å². The fraction of sp³-hybridized carbons (Fsp3) is 0.125. The zero-order chi connectivity index (χ0) is 10.0. The molecular formula is C8H6Br2O3. The molecule has 2 N–H and O–H groups in total. The maximum Gasteiger partial charge on any atom is 0.337 e. The molecule has 1 aromatic rings. The minimum atomic E-state index is -1.48. The molecule has 0 bridgehead atoms. The Hall–Kier alpha value is -0.390. The monoisotopic (exact) mass is 308 g/mol. The summed E-state index contributed by atoms with van der Waals surface area (Å²) >= 11 is 6.39. The van der Waals surface area contributed by atoms with Crippen molar-refractivity contribution >= 4 is 37.8 Å². The first-order valence-electron chi connectivity index (χ1n) is 3.37. The first kappa shape index (κ1) is 10.7. The third-order valence-electron chi connectivity index (χ3n) is 1.43. The summed E-state index contributed by atoms with van der Waals surface area (Å²) < 4.78 is 1.44. The second-order valence-electron chi connectivity index (χ2n) is 2.44. The molecule has 5 heteroatoms. The summed E-state index contributed by atoms with van der Waals surface area (Å²) in [4.78, 5) is 10.4. The highest BCUT2D eigenvalue weighted by Gasteiger charge is 2.16. The molecule has 0 aliphatic rings. The molecule has 70 valence electrons. The van der Waals surface area contributed by atoms with E-state index >= 15 is 0 Å². The van der Waals surface area contributed by atoms with E-state index < -0.39 is 12.1 Å². The minimum Gasteiger partial charge on any atom is -0.479 e. The van der Waals surface area contributed by atoms with Crippen molar-refractivity contribution < 1.29 is 15.0 Å². The number of hydrogen-bond donors (Lipinski definition) is 2. The van der Waals surface area contributed by atoms with Gasteiger partial charge in [0.05, 0.1) is 0 Å². The zero-order valence-electron chi connectivity index (χ0n) is 6.37. The van der Waals surface area contributed by atoms with Crippen LogP contribution in [0.15, 0.2) is 27.1 Å². The number of carboxylic acids is 1. The molecule has 0 radical (unpaired) electrons. The van der Waals surface area contributed by atoms with Crippen LogP contribution in [0, 0.1) is 0 Å². The average molecular weight is 310 g/mol. The van der Waals surface area contributed by atoms with Crippen LogP contribution in [-0.4, -0.2) is 16.2 Å². The van der Waals surface area contributed by atoms with Gasteiger partial charge >= 0.3 is 5.97 Å². The van der Waals surface area contributed by atoms with E-state index in [4.69, 9.17) is 5.11 Å². The Kier molecular flexibility index (Phi) is 3.47. The van der Waals surface area contributed by atoms with Gasteiger partial charge in [-0.25, -0.2) is 4.79 Å². The minimum absolute atomic E-state index is 0.341. The van der Waals surface area contributed by atoms with Gasteiger partial charge in [-0.05, 0) is 23.8 Å². The lowest BCUT2D eigenvalue weighted by molar-refractivity contribution is -0.146. The molecule has 0 saturated heterocycles. The fourth-order valence-corrected chi connectivity index (χ4v) is 2.20. The molecule has 0 aromatic heterocycles. The molecule has 0 unspecified atom stereocenters. The molecule has 0 amide bonds. The number of aliphatic hydroxyl groups excluding tert-OH is 1. The number of rotatable bonds is 2. The summed E-state index contributed by atoms with van der Waals surface area (Å²) in [5.74, 6) is -1.26. The molecule has 0 spiro atoms. The number of aliphatic hydroxyl groups is 1. The van der Waals surface area contributed by atoms with Crippen molar-refractivity contribution in [2.24, 2.45) is 0 Å². The van der Waals surface area contributed by atoms with Crippen molar-refractivity contribution in [3.8, 4) is 0 Å². The number of benzene rings is 1. The maximum absolute atomic E-state index is 10.4. The van der Waals surface area contributed by atoms with Gasteiger partial charge in [0.15, 0.2) is 6.10 Å². The van der Waals surface area contributed by atoms with Gasteiger partial charge in [0.1, 0.15) is 0 Å². The van der Waals surface area contributed by atoms with E-state index in [1.807, 2.05) is 0 Å². The normalized spacial score (nSPS) is 12.5. The number of hydrogen-bond acceptors (Lipinski definition) is 2. The van der Waals surface area contributed by atoms with Gasteiger partial charge in [-0.1, -0.05) is 31.9 Å². The fourth-order valence-electron chi connectivity index (χ4n) is 0.876. The molecule has 0 fully saturated rings. The predicted octanol–water partition coefficient (Wildman–Crippen LogP) is 2.33. The Balaban J connectivity index is 3.07. The summed E-state index contributed by atoms with van der Waals surface area (Å²) in [5, 5.41) is 17.7. The molecule has 0 heterocycles. The van der Waals surface area contributed by atoms with Gasteiger partial charge < -0.3 is 10.2 Å². The number of halogens is 2. The standard InChI is InChI=1S/C8H6Br2O3/c9-5-1-4(2-6(10)3-5)7(11)8(12)13/h1-3,7,11H,(H,12,13)/t7-/m1/s1.